The summed E-state index contributed by atoms with van der Waals surface area (Å²) in [5.41, 5.74) is 1.74. The molecule has 2 fully saturated rings. The third kappa shape index (κ3) is 5.56. The highest BCUT2D eigenvalue weighted by molar-refractivity contribution is 8.15. The minimum atomic E-state index is -0.492. The number of amides is 2. The van der Waals surface area contributed by atoms with Crippen molar-refractivity contribution in [3.63, 3.8) is 0 Å². The van der Waals surface area contributed by atoms with Gasteiger partial charge in [-0.3, -0.25) is 9.59 Å². The molecule has 1 heterocycles. The van der Waals surface area contributed by atoms with E-state index in [2.05, 4.69) is 27.8 Å². The molecule has 7 nitrogen and oxygen atoms in total. The number of anilines is 1. The lowest BCUT2D eigenvalue weighted by Gasteiger charge is -2.17. The Morgan fingerprint density at radius 2 is 1.96 bits per heavy atom. The maximum Gasteiger partial charge on any atom is 0.240 e. The van der Waals surface area contributed by atoms with E-state index in [1.54, 1.807) is 31.4 Å². The Hall–Kier alpha value is -2.35. The summed E-state index contributed by atoms with van der Waals surface area (Å²) in [5.74, 6) is 1.03. The van der Waals surface area contributed by atoms with Crippen LogP contribution in [0.5, 0.6) is 5.75 Å². The van der Waals surface area contributed by atoms with Crippen LogP contribution in [0, 0.1) is 5.92 Å². The molecule has 144 valence electrons. The van der Waals surface area contributed by atoms with Gasteiger partial charge in [0, 0.05) is 17.8 Å². The average Bonchev–Trinajstić information content (AvgIpc) is 3.01. The number of hydrogen-bond donors (Lipinski definition) is 2. The Bertz CT molecular complexity index is 751. The second kappa shape index (κ2) is 9.03. The fourth-order valence-corrected chi connectivity index (χ4v) is 3.87. The summed E-state index contributed by atoms with van der Waals surface area (Å²) in [4.78, 5) is 24.3. The number of nitrogens with one attached hydrogen (secondary N) is 2. The summed E-state index contributed by atoms with van der Waals surface area (Å²) < 4.78 is 5.09. The number of hydrogen-bond acceptors (Lipinski definition) is 6. The molecule has 2 N–H and O–H groups in total. The van der Waals surface area contributed by atoms with E-state index in [0.717, 1.165) is 37.3 Å². The molecular formula is C19H24N4O3S. The number of methoxy groups -OCH3 is 1. The summed E-state index contributed by atoms with van der Waals surface area (Å²) in [7, 11) is 1.59. The summed E-state index contributed by atoms with van der Waals surface area (Å²) in [6.07, 6.45) is 4.28. The zero-order chi connectivity index (χ0) is 19.2. The number of ether oxygens (including phenoxy) is 1. The molecule has 8 heteroatoms. The molecule has 0 bridgehead atoms. The molecule has 1 aromatic carbocycles. The second-order valence-corrected chi connectivity index (χ2v) is 8.02. The normalized spacial score (nSPS) is 23.9. The summed E-state index contributed by atoms with van der Waals surface area (Å²) in [6, 6.07) is 7.05. The molecule has 0 radical (unpaired) electrons. The van der Waals surface area contributed by atoms with Gasteiger partial charge in [-0.2, -0.15) is 5.10 Å². The Balaban J connectivity index is 1.51. The third-order valence-corrected chi connectivity index (χ3v) is 5.73. The molecular weight excluding hydrogens is 364 g/mol. The van der Waals surface area contributed by atoms with Crippen LogP contribution in [0.2, 0.25) is 0 Å². The summed E-state index contributed by atoms with van der Waals surface area (Å²) >= 11 is 1.25. The number of amidine groups is 1. The second-order valence-electron chi connectivity index (χ2n) is 6.83. The van der Waals surface area contributed by atoms with Gasteiger partial charge in [0.15, 0.2) is 5.17 Å². The topological polar surface area (TPSA) is 92.2 Å². The van der Waals surface area contributed by atoms with Crippen molar-refractivity contribution in [1.29, 1.82) is 0 Å². The smallest absolute Gasteiger partial charge is 0.240 e. The molecule has 3 rings (SSSR count). The van der Waals surface area contributed by atoms with Gasteiger partial charge in [0.05, 0.1) is 7.11 Å². The van der Waals surface area contributed by atoms with E-state index in [-0.39, 0.29) is 18.2 Å². The van der Waals surface area contributed by atoms with Crippen LogP contribution >= 0.6 is 11.8 Å². The number of rotatable bonds is 5. The van der Waals surface area contributed by atoms with Crippen LogP contribution in [0.4, 0.5) is 5.69 Å². The lowest BCUT2D eigenvalue weighted by molar-refractivity contribution is -0.122. The van der Waals surface area contributed by atoms with E-state index >= 15 is 0 Å². The molecule has 27 heavy (non-hydrogen) atoms. The molecule has 1 saturated carbocycles. The molecule has 0 spiro atoms. The number of carbonyl (C=O) groups excluding carboxylic acids is 2. The van der Waals surface area contributed by atoms with Crippen molar-refractivity contribution in [3.05, 3.63) is 24.3 Å². The molecule has 1 saturated heterocycles. The number of benzene rings is 1. The van der Waals surface area contributed by atoms with Crippen LogP contribution in [-0.4, -0.2) is 35.1 Å². The largest absolute Gasteiger partial charge is 0.497 e. The minimum Gasteiger partial charge on any atom is -0.497 e. The van der Waals surface area contributed by atoms with Crippen molar-refractivity contribution in [2.45, 2.75) is 44.3 Å². The lowest BCUT2D eigenvalue weighted by Crippen LogP contribution is -2.28. The molecule has 1 atom stereocenters. The highest BCUT2D eigenvalue weighted by Gasteiger charge is 2.32. The highest BCUT2D eigenvalue weighted by Crippen LogP contribution is 2.25. The van der Waals surface area contributed by atoms with Gasteiger partial charge in [-0.05, 0) is 55.9 Å². The van der Waals surface area contributed by atoms with Crippen molar-refractivity contribution in [2.24, 2.45) is 16.1 Å². The molecule has 0 aromatic heterocycles. The number of nitrogens with zero attached hydrogens (tertiary/aromatic N) is 2. The maximum absolute atomic E-state index is 12.2. The third-order valence-electron chi connectivity index (χ3n) is 4.65. The predicted molar refractivity (Wildman–Crippen MR) is 108 cm³/mol. The first-order valence-corrected chi connectivity index (χ1v) is 9.96. The zero-order valence-corrected chi connectivity index (χ0v) is 16.3. The molecule has 2 amide bonds. The number of thioether (sulfide) groups is 1. The SMILES string of the molecule is COc1ccc(NC(=O)C[C@@H]2SC(=NN=C3CCC(C)CC3)NC2=O)cc1. The Kier molecular flexibility index (Phi) is 6.49. The Morgan fingerprint density at radius 1 is 1.26 bits per heavy atom. The van der Waals surface area contributed by atoms with Gasteiger partial charge in [-0.25, -0.2) is 0 Å². The molecule has 0 unspecified atom stereocenters. The summed E-state index contributed by atoms with van der Waals surface area (Å²) in [6.45, 7) is 2.25. The monoisotopic (exact) mass is 388 g/mol. The summed E-state index contributed by atoms with van der Waals surface area (Å²) in [5, 5.41) is 13.9. The Labute approximate surface area is 163 Å². The van der Waals surface area contributed by atoms with Gasteiger partial charge in [0.1, 0.15) is 11.0 Å². The molecule has 1 aliphatic carbocycles. The van der Waals surface area contributed by atoms with Crippen LogP contribution in [0.15, 0.2) is 34.5 Å². The van der Waals surface area contributed by atoms with Gasteiger partial charge >= 0.3 is 0 Å². The maximum atomic E-state index is 12.2. The van der Waals surface area contributed by atoms with Crippen LogP contribution < -0.4 is 15.4 Å². The van der Waals surface area contributed by atoms with E-state index in [0.29, 0.717) is 16.6 Å². The van der Waals surface area contributed by atoms with Crippen LogP contribution in [-0.2, 0) is 9.59 Å². The van der Waals surface area contributed by atoms with Gasteiger partial charge < -0.3 is 15.4 Å². The van der Waals surface area contributed by atoms with Crippen molar-refractivity contribution >= 4 is 40.1 Å². The first-order valence-electron chi connectivity index (χ1n) is 9.08. The fourth-order valence-electron chi connectivity index (χ4n) is 2.95. The predicted octanol–water partition coefficient (Wildman–Crippen LogP) is 3.18. The van der Waals surface area contributed by atoms with Crippen molar-refractivity contribution in [2.75, 3.05) is 12.4 Å². The van der Waals surface area contributed by atoms with Crippen LogP contribution in [0.1, 0.15) is 39.0 Å². The van der Waals surface area contributed by atoms with Crippen molar-refractivity contribution in [3.8, 4) is 5.75 Å². The molecule has 1 aliphatic heterocycles. The minimum absolute atomic E-state index is 0.0790. The van der Waals surface area contributed by atoms with Crippen molar-refractivity contribution < 1.29 is 14.3 Å². The first kappa shape index (κ1) is 19.4. The zero-order valence-electron chi connectivity index (χ0n) is 15.5. The lowest BCUT2D eigenvalue weighted by atomic mass is 9.90. The molecule has 2 aliphatic rings. The van der Waals surface area contributed by atoms with Crippen molar-refractivity contribution in [1.82, 2.24) is 5.32 Å². The molecule has 1 aromatic rings. The number of carbonyl (C=O) groups is 2. The van der Waals surface area contributed by atoms with Gasteiger partial charge in [-0.15, -0.1) is 5.10 Å². The van der Waals surface area contributed by atoms with E-state index in [1.165, 1.54) is 11.8 Å². The van der Waals surface area contributed by atoms with Gasteiger partial charge in [-0.1, -0.05) is 18.7 Å². The first-order chi connectivity index (χ1) is 13.0. The van der Waals surface area contributed by atoms with E-state index < -0.39 is 5.25 Å². The average molecular weight is 388 g/mol. The quantitative estimate of drug-likeness (QED) is 0.758. The van der Waals surface area contributed by atoms with Gasteiger partial charge in [0.25, 0.3) is 0 Å². The van der Waals surface area contributed by atoms with E-state index in [9.17, 15) is 9.59 Å². The highest BCUT2D eigenvalue weighted by atomic mass is 32.2. The van der Waals surface area contributed by atoms with E-state index in [4.69, 9.17) is 4.74 Å². The fraction of sp³-hybridized carbons (Fsp3) is 0.474. The standard InChI is InChI=1S/C19H24N4O3S/c1-12-3-5-14(6-4-12)22-23-19-21-18(25)16(27-19)11-17(24)20-13-7-9-15(26-2)10-8-13/h7-10,12,16H,3-6,11H2,1-2H3,(H,20,24)(H,21,23,25)/t12?,16-/m0/s1. The van der Waals surface area contributed by atoms with Crippen LogP contribution in [0.25, 0.3) is 0 Å². The van der Waals surface area contributed by atoms with E-state index in [1.807, 2.05) is 0 Å². The van der Waals surface area contributed by atoms with Gasteiger partial charge in [0.2, 0.25) is 11.8 Å². The van der Waals surface area contributed by atoms with Crippen LogP contribution in [0.3, 0.4) is 0 Å². The Morgan fingerprint density at radius 3 is 2.63 bits per heavy atom.